The van der Waals surface area contributed by atoms with Gasteiger partial charge in [0.2, 0.25) is 0 Å². The summed E-state index contributed by atoms with van der Waals surface area (Å²) in [5, 5.41) is 9.83. The summed E-state index contributed by atoms with van der Waals surface area (Å²) >= 11 is 11.8. The van der Waals surface area contributed by atoms with Crippen molar-refractivity contribution < 1.29 is 4.39 Å². The van der Waals surface area contributed by atoms with Crippen molar-refractivity contribution in [2.24, 2.45) is 0 Å². The van der Waals surface area contributed by atoms with E-state index in [-0.39, 0.29) is 5.56 Å². The molecule has 2 aromatic carbocycles. The van der Waals surface area contributed by atoms with Crippen LogP contribution in [0.5, 0.6) is 0 Å². The van der Waals surface area contributed by atoms with E-state index in [9.17, 15) is 4.39 Å². The van der Waals surface area contributed by atoms with Gasteiger partial charge in [-0.25, -0.2) is 4.39 Å². The number of nitriles is 1. The Morgan fingerprint density at radius 2 is 1.82 bits per heavy atom. The Morgan fingerprint density at radius 3 is 2.47 bits per heavy atom. The Bertz CT molecular complexity index is 617. The van der Waals surface area contributed by atoms with E-state index in [4.69, 9.17) is 28.5 Å². The molecule has 0 unspecified atom stereocenters. The van der Waals surface area contributed by atoms with Gasteiger partial charge in [-0.1, -0.05) is 41.4 Å². The number of nitrogens with zero attached hydrogens (tertiary/aromatic N) is 1. The van der Waals surface area contributed by atoms with Crippen LogP contribution in [0.15, 0.2) is 36.4 Å². The molecule has 2 aromatic rings. The van der Waals surface area contributed by atoms with Gasteiger partial charge in [0.1, 0.15) is 11.9 Å². The summed E-state index contributed by atoms with van der Waals surface area (Å²) in [7, 11) is 0. The van der Waals surface area contributed by atoms with Crippen LogP contribution in [0.1, 0.15) is 5.56 Å². The maximum Gasteiger partial charge on any atom is 0.141 e. The Hall–Kier alpha value is -1.56. The highest BCUT2D eigenvalue weighted by Crippen LogP contribution is 2.33. The molecule has 4 heteroatoms. The third kappa shape index (κ3) is 2.26. The number of benzene rings is 2. The minimum absolute atomic E-state index is 0.0169. The van der Waals surface area contributed by atoms with Crippen LogP contribution in [0.3, 0.4) is 0 Å². The van der Waals surface area contributed by atoms with Gasteiger partial charge in [0.05, 0.1) is 5.56 Å². The van der Waals surface area contributed by atoms with E-state index in [0.29, 0.717) is 21.2 Å². The van der Waals surface area contributed by atoms with E-state index < -0.39 is 5.82 Å². The molecule has 17 heavy (non-hydrogen) atoms. The van der Waals surface area contributed by atoms with Gasteiger partial charge in [-0.2, -0.15) is 5.26 Å². The van der Waals surface area contributed by atoms with Crippen LogP contribution in [0, 0.1) is 17.1 Å². The van der Waals surface area contributed by atoms with Crippen molar-refractivity contribution in [2.45, 2.75) is 0 Å². The average molecular weight is 266 g/mol. The zero-order valence-corrected chi connectivity index (χ0v) is 10.1. The fraction of sp³-hybridized carbons (Fsp3) is 0. The van der Waals surface area contributed by atoms with Crippen LogP contribution in [0.25, 0.3) is 11.1 Å². The second kappa shape index (κ2) is 4.75. The Labute approximate surface area is 108 Å². The molecule has 2 rings (SSSR count). The monoisotopic (exact) mass is 265 g/mol. The van der Waals surface area contributed by atoms with Crippen molar-refractivity contribution >= 4 is 23.2 Å². The summed E-state index contributed by atoms with van der Waals surface area (Å²) in [4.78, 5) is 0. The lowest BCUT2D eigenvalue weighted by Gasteiger charge is -2.07. The molecule has 0 atom stereocenters. The molecule has 0 radical (unpaired) electrons. The molecule has 0 fully saturated rings. The molecule has 0 bridgehead atoms. The van der Waals surface area contributed by atoms with Crippen molar-refractivity contribution in [1.82, 2.24) is 0 Å². The lowest BCUT2D eigenvalue weighted by Crippen LogP contribution is -1.89. The van der Waals surface area contributed by atoms with Crippen molar-refractivity contribution in [2.75, 3.05) is 0 Å². The van der Waals surface area contributed by atoms with Crippen LogP contribution in [0.2, 0.25) is 10.0 Å². The van der Waals surface area contributed by atoms with Crippen molar-refractivity contribution in [3.63, 3.8) is 0 Å². The standard InChI is InChI=1S/C13H6Cl2FN/c14-8-4-5-10(12(15)6-8)9-2-1-3-13(16)11(9)7-17/h1-6H. The van der Waals surface area contributed by atoms with Gasteiger partial charge in [0, 0.05) is 21.2 Å². The zero-order valence-electron chi connectivity index (χ0n) is 8.55. The first-order valence-electron chi connectivity index (χ1n) is 4.77. The van der Waals surface area contributed by atoms with Crippen LogP contribution in [0.4, 0.5) is 4.39 Å². The summed E-state index contributed by atoms with van der Waals surface area (Å²) in [6.45, 7) is 0. The number of rotatable bonds is 1. The first-order valence-corrected chi connectivity index (χ1v) is 5.53. The summed E-state index contributed by atoms with van der Waals surface area (Å²) in [5.74, 6) is -0.559. The van der Waals surface area contributed by atoms with Gasteiger partial charge >= 0.3 is 0 Å². The van der Waals surface area contributed by atoms with E-state index in [1.165, 1.54) is 12.1 Å². The maximum absolute atomic E-state index is 13.5. The fourth-order valence-corrected chi connectivity index (χ4v) is 2.08. The highest BCUT2D eigenvalue weighted by molar-refractivity contribution is 6.36. The molecule has 0 saturated heterocycles. The average Bonchev–Trinajstić information content (AvgIpc) is 2.29. The molecule has 0 heterocycles. The second-order valence-electron chi connectivity index (χ2n) is 3.40. The van der Waals surface area contributed by atoms with Crippen molar-refractivity contribution in [1.29, 1.82) is 5.26 Å². The molecule has 0 aromatic heterocycles. The number of hydrogen-bond acceptors (Lipinski definition) is 1. The first kappa shape index (κ1) is 11.9. The highest BCUT2D eigenvalue weighted by atomic mass is 35.5. The van der Waals surface area contributed by atoms with E-state index in [2.05, 4.69) is 0 Å². The summed E-state index contributed by atoms with van der Waals surface area (Å²) < 4.78 is 13.5. The number of halogens is 3. The molecule has 0 aliphatic heterocycles. The normalized spacial score (nSPS) is 10.0. The van der Waals surface area contributed by atoms with Gasteiger partial charge < -0.3 is 0 Å². The third-order valence-electron chi connectivity index (χ3n) is 2.35. The molecule has 0 aliphatic carbocycles. The lowest BCUT2D eigenvalue weighted by atomic mass is 10.00. The van der Waals surface area contributed by atoms with Gasteiger partial charge in [0.25, 0.3) is 0 Å². The largest absolute Gasteiger partial charge is 0.206 e. The summed E-state index contributed by atoms with van der Waals surface area (Å²) in [5.41, 5.74) is 1.04. The molecule has 0 amide bonds. The van der Waals surface area contributed by atoms with Crippen molar-refractivity contribution in [3.8, 4) is 17.2 Å². The van der Waals surface area contributed by atoms with Crippen LogP contribution in [-0.2, 0) is 0 Å². The molecule has 1 nitrogen and oxygen atoms in total. The fourth-order valence-electron chi connectivity index (χ4n) is 1.57. The van der Waals surface area contributed by atoms with E-state index in [1.807, 2.05) is 6.07 Å². The first-order chi connectivity index (χ1) is 8.13. The Kier molecular flexibility index (Phi) is 3.33. The molecule has 0 aliphatic rings. The summed E-state index contributed by atoms with van der Waals surface area (Å²) in [6.07, 6.45) is 0. The van der Waals surface area contributed by atoms with Gasteiger partial charge in [-0.05, 0) is 18.2 Å². The Morgan fingerprint density at radius 1 is 1.06 bits per heavy atom. The third-order valence-corrected chi connectivity index (χ3v) is 2.89. The van der Waals surface area contributed by atoms with E-state index >= 15 is 0 Å². The minimum atomic E-state index is -0.559. The minimum Gasteiger partial charge on any atom is -0.206 e. The molecule has 0 spiro atoms. The van der Waals surface area contributed by atoms with Gasteiger partial charge in [0.15, 0.2) is 0 Å². The topological polar surface area (TPSA) is 23.8 Å². The molecule has 84 valence electrons. The quantitative estimate of drug-likeness (QED) is 0.735. The van der Waals surface area contributed by atoms with Crippen LogP contribution in [-0.4, -0.2) is 0 Å². The molecule has 0 saturated carbocycles. The van der Waals surface area contributed by atoms with Gasteiger partial charge in [-0.15, -0.1) is 0 Å². The second-order valence-corrected chi connectivity index (χ2v) is 4.24. The molecular weight excluding hydrogens is 260 g/mol. The molecular formula is C13H6Cl2FN. The maximum atomic E-state index is 13.5. The SMILES string of the molecule is N#Cc1c(F)cccc1-c1ccc(Cl)cc1Cl. The van der Waals surface area contributed by atoms with Crippen LogP contribution >= 0.6 is 23.2 Å². The predicted molar refractivity (Wildman–Crippen MR) is 66.6 cm³/mol. The molecule has 0 N–H and O–H groups in total. The smallest absolute Gasteiger partial charge is 0.141 e. The number of hydrogen-bond donors (Lipinski definition) is 0. The predicted octanol–water partition coefficient (Wildman–Crippen LogP) is 4.67. The van der Waals surface area contributed by atoms with Crippen LogP contribution < -0.4 is 0 Å². The van der Waals surface area contributed by atoms with Crippen molar-refractivity contribution in [3.05, 3.63) is 57.8 Å². The van der Waals surface area contributed by atoms with E-state index in [1.54, 1.807) is 24.3 Å². The lowest BCUT2D eigenvalue weighted by molar-refractivity contribution is 0.624. The van der Waals surface area contributed by atoms with Gasteiger partial charge in [-0.3, -0.25) is 0 Å². The Balaban J connectivity index is 2.69. The zero-order chi connectivity index (χ0) is 12.4. The van der Waals surface area contributed by atoms with E-state index in [0.717, 1.165) is 0 Å². The highest BCUT2D eigenvalue weighted by Gasteiger charge is 2.12. The summed E-state index contributed by atoms with van der Waals surface area (Å²) in [6, 6.07) is 11.1.